The van der Waals surface area contributed by atoms with Crippen LogP contribution in [0.5, 0.6) is 5.75 Å². The highest BCUT2D eigenvalue weighted by molar-refractivity contribution is 5.63. The number of unbranched alkanes of at least 4 members (excludes halogenated alkanes) is 2. The maximum atomic E-state index is 5.43. The van der Waals surface area contributed by atoms with E-state index in [0.717, 1.165) is 42.7 Å². The lowest BCUT2D eigenvalue weighted by molar-refractivity contribution is 0.414. The summed E-state index contributed by atoms with van der Waals surface area (Å²) in [5.74, 6) is 7.59. The van der Waals surface area contributed by atoms with Gasteiger partial charge in [0.05, 0.1) is 7.11 Å². The fourth-order valence-corrected chi connectivity index (χ4v) is 2.14. The van der Waals surface area contributed by atoms with Gasteiger partial charge in [0.25, 0.3) is 0 Å². The van der Waals surface area contributed by atoms with Crippen LogP contribution in [0.1, 0.15) is 36.6 Å². The van der Waals surface area contributed by atoms with Crippen molar-refractivity contribution in [2.24, 2.45) is 5.84 Å². The van der Waals surface area contributed by atoms with E-state index in [1.54, 1.807) is 14.0 Å². The Bertz CT molecular complexity index is 622. The summed E-state index contributed by atoms with van der Waals surface area (Å²) in [6.07, 6.45) is 8.08. The first-order valence-electron chi connectivity index (χ1n) is 7.33. The Morgan fingerprint density at radius 3 is 2.86 bits per heavy atom. The van der Waals surface area contributed by atoms with Crippen LogP contribution in [0.15, 0.2) is 28.7 Å². The molecule has 0 radical (unpaired) electrons. The van der Waals surface area contributed by atoms with Gasteiger partial charge in [0.2, 0.25) is 11.8 Å². The molecule has 0 bridgehead atoms. The van der Waals surface area contributed by atoms with E-state index in [1.807, 2.05) is 18.2 Å². The second-order valence-corrected chi connectivity index (χ2v) is 4.96. The minimum absolute atomic E-state index is 0.621. The summed E-state index contributed by atoms with van der Waals surface area (Å²) in [4.78, 5) is 0. The number of hydrazine groups is 1. The summed E-state index contributed by atoms with van der Waals surface area (Å²) in [6.45, 7) is 1.80. The molecule has 6 heteroatoms. The third-order valence-corrected chi connectivity index (χ3v) is 3.27. The number of aromatic nitrogens is 2. The molecule has 1 heterocycles. The second kappa shape index (κ2) is 8.19. The first-order valence-corrected chi connectivity index (χ1v) is 7.33. The van der Waals surface area contributed by atoms with Gasteiger partial charge in [-0.05, 0) is 37.5 Å². The van der Waals surface area contributed by atoms with Gasteiger partial charge in [0.1, 0.15) is 5.75 Å². The molecule has 3 N–H and O–H groups in total. The van der Waals surface area contributed by atoms with Crippen molar-refractivity contribution < 1.29 is 9.15 Å². The first-order chi connectivity index (χ1) is 10.7. The maximum absolute atomic E-state index is 5.43. The summed E-state index contributed by atoms with van der Waals surface area (Å²) in [6, 6.07) is 5.73. The van der Waals surface area contributed by atoms with Gasteiger partial charge in [0.15, 0.2) is 0 Å². The number of ether oxygens (including phenoxy) is 1. The number of nitrogens with two attached hydrogens (primary N) is 1. The second-order valence-electron chi connectivity index (χ2n) is 4.96. The van der Waals surface area contributed by atoms with Crippen molar-refractivity contribution in [3.05, 3.63) is 41.6 Å². The molecule has 0 saturated carbocycles. The van der Waals surface area contributed by atoms with Crippen LogP contribution in [0, 0.1) is 6.92 Å². The molecule has 0 aliphatic carbocycles. The van der Waals surface area contributed by atoms with Crippen molar-refractivity contribution in [2.45, 2.75) is 32.6 Å². The highest BCUT2D eigenvalue weighted by Gasteiger charge is 2.02. The minimum Gasteiger partial charge on any atom is -0.496 e. The topological polar surface area (TPSA) is 86.2 Å². The van der Waals surface area contributed by atoms with E-state index in [-0.39, 0.29) is 0 Å². The molecule has 2 rings (SSSR count). The fourth-order valence-electron chi connectivity index (χ4n) is 2.14. The average Bonchev–Trinajstić information content (AvgIpc) is 2.95. The number of aryl methyl sites for hydroxylation is 2. The van der Waals surface area contributed by atoms with E-state index in [4.69, 9.17) is 15.0 Å². The van der Waals surface area contributed by atoms with Gasteiger partial charge in [-0.15, -0.1) is 10.2 Å². The Balaban J connectivity index is 1.79. The minimum atomic E-state index is 0.621. The number of nitrogens with one attached hydrogen (secondary N) is 1. The summed E-state index contributed by atoms with van der Waals surface area (Å²) in [7, 11) is 1.66. The Kier molecular flexibility index (Phi) is 5.97. The SMILES string of the molecule is COc1ccc(NN)cc1/C=C/CCCCc1nnc(C)o1. The summed E-state index contributed by atoms with van der Waals surface area (Å²) >= 11 is 0. The van der Waals surface area contributed by atoms with Crippen molar-refractivity contribution in [1.82, 2.24) is 10.2 Å². The molecule has 0 unspecified atom stereocenters. The molecule has 0 aliphatic rings. The van der Waals surface area contributed by atoms with Crippen molar-refractivity contribution in [3.63, 3.8) is 0 Å². The summed E-state index contributed by atoms with van der Waals surface area (Å²) in [5, 5.41) is 7.80. The first kappa shape index (κ1) is 16.0. The van der Waals surface area contributed by atoms with Crippen molar-refractivity contribution in [2.75, 3.05) is 12.5 Å². The van der Waals surface area contributed by atoms with Crippen molar-refractivity contribution in [1.29, 1.82) is 0 Å². The highest BCUT2D eigenvalue weighted by Crippen LogP contribution is 2.23. The van der Waals surface area contributed by atoms with E-state index in [2.05, 4.69) is 27.8 Å². The molecule has 0 fully saturated rings. The van der Waals surface area contributed by atoms with Crippen molar-refractivity contribution >= 4 is 11.8 Å². The third kappa shape index (κ3) is 4.60. The quantitative estimate of drug-likeness (QED) is 0.443. The van der Waals surface area contributed by atoms with Gasteiger partial charge in [-0.3, -0.25) is 5.84 Å². The number of allylic oxidation sites excluding steroid dienone is 1. The average molecular weight is 302 g/mol. The molecule has 22 heavy (non-hydrogen) atoms. The van der Waals surface area contributed by atoms with Crippen LogP contribution in [0.4, 0.5) is 5.69 Å². The predicted molar refractivity (Wildman–Crippen MR) is 86.4 cm³/mol. The molecule has 1 aromatic carbocycles. The number of anilines is 1. The Hall–Kier alpha value is -2.34. The zero-order valence-corrected chi connectivity index (χ0v) is 13.0. The summed E-state index contributed by atoms with van der Waals surface area (Å²) in [5.41, 5.74) is 4.50. The van der Waals surface area contributed by atoms with Crippen LogP contribution in [-0.2, 0) is 6.42 Å². The van der Waals surface area contributed by atoms with E-state index in [9.17, 15) is 0 Å². The van der Waals surface area contributed by atoms with Crippen LogP contribution in [0.3, 0.4) is 0 Å². The lowest BCUT2D eigenvalue weighted by atomic mass is 10.1. The normalized spacial score (nSPS) is 11.0. The van der Waals surface area contributed by atoms with Gasteiger partial charge < -0.3 is 14.6 Å². The Morgan fingerprint density at radius 1 is 1.32 bits per heavy atom. The van der Waals surface area contributed by atoms with Gasteiger partial charge in [-0.2, -0.15) is 0 Å². The zero-order chi connectivity index (χ0) is 15.8. The molecular formula is C16H22N4O2. The molecule has 2 aromatic rings. The van der Waals surface area contributed by atoms with E-state index in [1.165, 1.54) is 0 Å². The molecule has 0 spiro atoms. The van der Waals surface area contributed by atoms with Gasteiger partial charge >= 0.3 is 0 Å². The van der Waals surface area contributed by atoms with E-state index >= 15 is 0 Å². The number of rotatable bonds is 8. The van der Waals surface area contributed by atoms with Gasteiger partial charge in [0, 0.05) is 24.6 Å². The molecule has 6 nitrogen and oxygen atoms in total. The number of hydrogen-bond donors (Lipinski definition) is 2. The molecule has 0 saturated heterocycles. The third-order valence-electron chi connectivity index (χ3n) is 3.27. The van der Waals surface area contributed by atoms with Crippen LogP contribution < -0.4 is 16.0 Å². The molecule has 118 valence electrons. The molecule has 1 aromatic heterocycles. The monoisotopic (exact) mass is 302 g/mol. The van der Waals surface area contributed by atoms with Crippen LogP contribution in [0.2, 0.25) is 0 Å². The maximum Gasteiger partial charge on any atom is 0.216 e. The van der Waals surface area contributed by atoms with Crippen LogP contribution in [0.25, 0.3) is 6.08 Å². The van der Waals surface area contributed by atoms with Gasteiger partial charge in [-0.1, -0.05) is 12.2 Å². The van der Waals surface area contributed by atoms with E-state index in [0.29, 0.717) is 11.8 Å². The Labute approximate surface area is 130 Å². The smallest absolute Gasteiger partial charge is 0.216 e. The lowest BCUT2D eigenvalue weighted by Crippen LogP contribution is -2.06. The summed E-state index contributed by atoms with van der Waals surface area (Å²) < 4.78 is 10.7. The van der Waals surface area contributed by atoms with Crippen LogP contribution in [-0.4, -0.2) is 17.3 Å². The highest BCUT2D eigenvalue weighted by atomic mass is 16.5. The Morgan fingerprint density at radius 2 is 2.18 bits per heavy atom. The fraction of sp³-hybridized carbons (Fsp3) is 0.375. The number of nitrogens with zero attached hydrogens (tertiary/aromatic N) is 2. The molecule has 0 amide bonds. The van der Waals surface area contributed by atoms with E-state index < -0.39 is 0 Å². The number of benzene rings is 1. The van der Waals surface area contributed by atoms with Gasteiger partial charge in [-0.25, -0.2) is 0 Å². The standard InChI is InChI=1S/C16H22N4O2/c1-12-19-20-16(22-12)8-6-4-3-5-7-13-11-14(18-17)9-10-15(13)21-2/h5,7,9-11,18H,3-4,6,8,17H2,1-2H3/b7-5+. The molecule has 0 aliphatic heterocycles. The number of nitrogen functional groups attached to an aromatic ring is 1. The lowest BCUT2D eigenvalue weighted by Gasteiger charge is -2.07. The predicted octanol–water partition coefficient (Wildman–Crippen LogP) is 3.10. The van der Waals surface area contributed by atoms with Crippen molar-refractivity contribution in [3.8, 4) is 5.75 Å². The number of hydrogen-bond acceptors (Lipinski definition) is 6. The zero-order valence-electron chi connectivity index (χ0n) is 13.0. The number of methoxy groups -OCH3 is 1. The molecular weight excluding hydrogens is 280 g/mol. The molecule has 0 atom stereocenters. The largest absolute Gasteiger partial charge is 0.496 e. The van der Waals surface area contributed by atoms with Crippen LogP contribution >= 0.6 is 0 Å².